The fourth-order valence-electron chi connectivity index (χ4n) is 3.07. The average Bonchev–Trinajstić information content (AvgIpc) is 2.98. The van der Waals surface area contributed by atoms with E-state index in [9.17, 15) is 4.79 Å². The number of nitrogens with zero attached hydrogens (tertiary/aromatic N) is 3. The molecule has 2 heterocycles. The van der Waals surface area contributed by atoms with E-state index in [4.69, 9.17) is 4.52 Å². The zero-order chi connectivity index (χ0) is 15.5. The van der Waals surface area contributed by atoms with Crippen LogP contribution >= 0.6 is 0 Å². The molecular formula is C17H21N3O2. The van der Waals surface area contributed by atoms with Crippen LogP contribution in [0.5, 0.6) is 0 Å². The Morgan fingerprint density at radius 3 is 2.91 bits per heavy atom. The van der Waals surface area contributed by atoms with Gasteiger partial charge < -0.3 is 14.3 Å². The van der Waals surface area contributed by atoms with E-state index in [2.05, 4.69) is 36.2 Å². The van der Waals surface area contributed by atoms with Gasteiger partial charge in [-0.05, 0) is 18.1 Å². The highest BCUT2D eigenvalue weighted by molar-refractivity contribution is 5.79. The number of benzene rings is 1. The van der Waals surface area contributed by atoms with Gasteiger partial charge in [-0.1, -0.05) is 30.3 Å². The third-order valence-corrected chi connectivity index (χ3v) is 4.28. The summed E-state index contributed by atoms with van der Waals surface area (Å²) < 4.78 is 4.82. The van der Waals surface area contributed by atoms with Gasteiger partial charge in [-0.25, -0.2) is 0 Å². The van der Waals surface area contributed by atoms with E-state index in [1.165, 1.54) is 17.5 Å². The van der Waals surface area contributed by atoms with Crippen molar-refractivity contribution in [3.8, 4) is 0 Å². The molecule has 2 aromatic rings. The van der Waals surface area contributed by atoms with Gasteiger partial charge in [0.1, 0.15) is 6.26 Å². The first-order valence-electron chi connectivity index (χ1n) is 7.66. The Morgan fingerprint density at radius 2 is 2.18 bits per heavy atom. The van der Waals surface area contributed by atoms with Crippen LogP contribution in [0.1, 0.15) is 24.6 Å². The van der Waals surface area contributed by atoms with Gasteiger partial charge in [0.05, 0.1) is 12.1 Å². The van der Waals surface area contributed by atoms with Crippen LogP contribution in [0.25, 0.3) is 0 Å². The van der Waals surface area contributed by atoms with E-state index in [0.29, 0.717) is 18.7 Å². The van der Waals surface area contributed by atoms with Gasteiger partial charge in [0.25, 0.3) is 0 Å². The maximum Gasteiger partial charge on any atom is 0.229 e. The monoisotopic (exact) mass is 299 g/mol. The molecule has 0 bridgehead atoms. The molecule has 22 heavy (non-hydrogen) atoms. The van der Waals surface area contributed by atoms with Crippen molar-refractivity contribution in [3.05, 3.63) is 47.9 Å². The highest BCUT2D eigenvalue weighted by Crippen LogP contribution is 2.27. The minimum atomic E-state index is 0.103. The lowest BCUT2D eigenvalue weighted by molar-refractivity contribution is -0.133. The summed E-state index contributed by atoms with van der Waals surface area (Å²) in [5, 5.41) is 3.85. The predicted octanol–water partition coefficient (Wildman–Crippen LogP) is 2.47. The standard InChI is InChI=1S/C17H21N3O2/c1-3-15-12-19(2)16-7-5-4-6-13(16)11-20(15)17(21)10-14-8-9-22-18-14/h4-9,15H,3,10-12H2,1-2H3. The number of anilines is 1. The number of likely N-dealkylation sites (N-methyl/N-ethyl adjacent to an activating group) is 1. The molecule has 0 N–H and O–H groups in total. The van der Waals surface area contributed by atoms with Crippen LogP contribution < -0.4 is 4.90 Å². The zero-order valence-corrected chi connectivity index (χ0v) is 13.0. The molecule has 5 nitrogen and oxygen atoms in total. The molecular weight excluding hydrogens is 278 g/mol. The van der Waals surface area contributed by atoms with Crippen LogP contribution in [-0.4, -0.2) is 35.6 Å². The van der Waals surface area contributed by atoms with Crippen LogP contribution in [-0.2, 0) is 17.8 Å². The number of carbonyl (C=O) groups is 1. The number of para-hydroxylation sites is 1. The molecule has 1 aliphatic rings. The van der Waals surface area contributed by atoms with Gasteiger partial charge >= 0.3 is 0 Å². The van der Waals surface area contributed by atoms with Crippen LogP contribution in [0.15, 0.2) is 41.1 Å². The molecule has 1 aromatic carbocycles. The van der Waals surface area contributed by atoms with Crippen molar-refractivity contribution in [2.24, 2.45) is 0 Å². The normalized spacial score (nSPS) is 18.0. The van der Waals surface area contributed by atoms with Crippen molar-refractivity contribution in [3.63, 3.8) is 0 Å². The number of carbonyl (C=O) groups excluding carboxylic acids is 1. The summed E-state index contributed by atoms with van der Waals surface area (Å²) in [6.45, 7) is 3.62. The fourth-order valence-corrected chi connectivity index (χ4v) is 3.07. The number of hydrogen-bond donors (Lipinski definition) is 0. The second-order valence-corrected chi connectivity index (χ2v) is 5.76. The summed E-state index contributed by atoms with van der Waals surface area (Å²) >= 11 is 0. The summed E-state index contributed by atoms with van der Waals surface area (Å²) in [6.07, 6.45) is 2.73. The summed E-state index contributed by atoms with van der Waals surface area (Å²) in [5.74, 6) is 0.103. The average molecular weight is 299 g/mol. The Morgan fingerprint density at radius 1 is 1.36 bits per heavy atom. The van der Waals surface area contributed by atoms with Crippen LogP contribution in [0.3, 0.4) is 0 Å². The molecule has 1 aromatic heterocycles. The second kappa shape index (κ2) is 6.22. The van der Waals surface area contributed by atoms with Crippen molar-refractivity contribution < 1.29 is 9.32 Å². The quantitative estimate of drug-likeness (QED) is 0.873. The lowest BCUT2D eigenvalue weighted by Gasteiger charge is -2.30. The molecule has 1 atom stereocenters. The van der Waals surface area contributed by atoms with Crippen molar-refractivity contribution in [1.82, 2.24) is 10.1 Å². The SMILES string of the molecule is CCC1CN(C)c2ccccc2CN1C(=O)Cc1ccon1. The molecule has 0 radical (unpaired) electrons. The molecule has 0 spiro atoms. The van der Waals surface area contributed by atoms with Gasteiger partial charge in [-0.3, -0.25) is 4.79 Å². The number of rotatable bonds is 3. The van der Waals surface area contributed by atoms with Crippen LogP contribution in [0, 0.1) is 0 Å². The smallest absolute Gasteiger partial charge is 0.229 e. The molecule has 1 unspecified atom stereocenters. The fraction of sp³-hybridized carbons (Fsp3) is 0.412. The first-order valence-corrected chi connectivity index (χ1v) is 7.66. The molecule has 3 rings (SSSR count). The molecule has 0 fully saturated rings. The van der Waals surface area contributed by atoms with E-state index >= 15 is 0 Å². The van der Waals surface area contributed by atoms with E-state index in [1.807, 2.05) is 17.0 Å². The Bertz CT molecular complexity index is 639. The van der Waals surface area contributed by atoms with Crippen molar-refractivity contribution in [1.29, 1.82) is 0 Å². The van der Waals surface area contributed by atoms with Gasteiger partial charge in [0.2, 0.25) is 5.91 Å². The largest absolute Gasteiger partial charge is 0.372 e. The molecule has 116 valence electrons. The number of aromatic nitrogens is 1. The summed E-state index contributed by atoms with van der Waals surface area (Å²) in [5.41, 5.74) is 3.08. The molecule has 0 saturated carbocycles. The van der Waals surface area contributed by atoms with E-state index in [-0.39, 0.29) is 11.9 Å². The maximum atomic E-state index is 12.7. The Kier molecular flexibility index (Phi) is 4.13. The van der Waals surface area contributed by atoms with Crippen LogP contribution in [0.2, 0.25) is 0 Å². The van der Waals surface area contributed by atoms with Crippen molar-refractivity contribution >= 4 is 11.6 Å². The summed E-state index contributed by atoms with van der Waals surface area (Å²) in [7, 11) is 2.09. The lowest BCUT2D eigenvalue weighted by atomic mass is 10.1. The Hall–Kier alpha value is -2.30. The first-order chi connectivity index (χ1) is 10.7. The first kappa shape index (κ1) is 14.6. The Balaban J connectivity index is 1.86. The highest BCUT2D eigenvalue weighted by Gasteiger charge is 2.28. The highest BCUT2D eigenvalue weighted by atomic mass is 16.5. The number of fused-ring (bicyclic) bond motifs is 1. The van der Waals surface area contributed by atoms with E-state index in [0.717, 1.165) is 13.0 Å². The van der Waals surface area contributed by atoms with Gasteiger partial charge in [0, 0.05) is 37.9 Å². The van der Waals surface area contributed by atoms with Gasteiger partial charge in [-0.15, -0.1) is 0 Å². The topological polar surface area (TPSA) is 49.6 Å². The minimum Gasteiger partial charge on any atom is -0.372 e. The summed E-state index contributed by atoms with van der Waals surface area (Å²) in [4.78, 5) is 17.0. The third-order valence-electron chi connectivity index (χ3n) is 4.28. The molecule has 1 aliphatic heterocycles. The van der Waals surface area contributed by atoms with Crippen molar-refractivity contribution in [2.75, 3.05) is 18.5 Å². The van der Waals surface area contributed by atoms with Crippen LogP contribution in [0.4, 0.5) is 5.69 Å². The summed E-state index contributed by atoms with van der Waals surface area (Å²) in [6, 6.07) is 10.2. The van der Waals surface area contributed by atoms with E-state index < -0.39 is 0 Å². The molecule has 0 saturated heterocycles. The van der Waals surface area contributed by atoms with Gasteiger partial charge in [0.15, 0.2) is 0 Å². The molecule has 1 amide bonds. The molecule has 0 aliphatic carbocycles. The van der Waals surface area contributed by atoms with E-state index in [1.54, 1.807) is 6.07 Å². The molecule has 5 heteroatoms. The maximum absolute atomic E-state index is 12.7. The van der Waals surface area contributed by atoms with Gasteiger partial charge in [-0.2, -0.15) is 0 Å². The third kappa shape index (κ3) is 2.84. The zero-order valence-electron chi connectivity index (χ0n) is 13.0. The lowest BCUT2D eigenvalue weighted by Crippen LogP contribution is -2.44. The Labute approximate surface area is 130 Å². The second-order valence-electron chi connectivity index (χ2n) is 5.76. The number of hydrogen-bond acceptors (Lipinski definition) is 4. The minimum absolute atomic E-state index is 0.103. The number of amides is 1. The predicted molar refractivity (Wildman–Crippen MR) is 84.5 cm³/mol. The van der Waals surface area contributed by atoms with Crippen molar-refractivity contribution in [2.45, 2.75) is 32.4 Å².